The largest absolute Gasteiger partial charge is 0.456 e. The lowest BCUT2D eigenvalue weighted by Crippen LogP contribution is -2.29. The third-order valence-corrected chi connectivity index (χ3v) is 14.2. The van der Waals surface area contributed by atoms with Crippen molar-refractivity contribution in [2.75, 3.05) is 4.90 Å². The molecule has 13 rings (SSSR count). The Morgan fingerprint density at radius 1 is 0.275 bits per heavy atom. The van der Waals surface area contributed by atoms with Gasteiger partial charge in [0, 0.05) is 27.8 Å². The molecular formula is C67H45NO. The maximum Gasteiger partial charge on any atom is 0.136 e. The van der Waals surface area contributed by atoms with E-state index in [2.05, 4.69) is 266 Å². The maximum atomic E-state index is 6.33. The van der Waals surface area contributed by atoms with Gasteiger partial charge in [-0.25, -0.2) is 0 Å². The van der Waals surface area contributed by atoms with Crippen molar-refractivity contribution < 1.29 is 4.42 Å². The Balaban J connectivity index is 1.04. The van der Waals surface area contributed by atoms with Gasteiger partial charge >= 0.3 is 0 Å². The number of furan rings is 1. The molecule has 0 bridgehead atoms. The summed E-state index contributed by atoms with van der Waals surface area (Å²) in [5.74, 6) is 0. The van der Waals surface area contributed by atoms with E-state index in [4.69, 9.17) is 4.42 Å². The van der Waals surface area contributed by atoms with Crippen LogP contribution in [0.1, 0.15) is 22.3 Å². The molecule has 2 heteroatoms. The second-order valence-corrected chi connectivity index (χ2v) is 18.0. The van der Waals surface area contributed by atoms with Gasteiger partial charge in [-0.1, -0.05) is 218 Å². The van der Waals surface area contributed by atoms with Gasteiger partial charge < -0.3 is 9.32 Å². The van der Waals surface area contributed by atoms with E-state index < -0.39 is 5.41 Å². The highest BCUT2D eigenvalue weighted by atomic mass is 16.3. The molecule has 0 radical (unpaired) electrons. The van der Waals surface area contributed by atoms with E-state index in [1.54, 1.807) is 0 Å². The molecule has 69 heavy (non-hydrogen) atoms. The SMILES string of the molecule is c1ccc(-c2ccc(N(c3ccc(-c4ccc5c(c4)oc4ccccc45)cc3)c3ccc4c(c3)C(c3ccccc3)(c3ccccc3-c3ccccc3)c3cccc(-c5ccccc5)c3-4)cc2)cc1. The zero-order valence-electron chi connectivity index (χ0n) is 37.8. The highest BCUT2D eigenvalue weighted by molar-refractivity contribution is 6.06. The van der Waals surface area contributed by atoms with E-state index in [9.17, 15) is 0 Å². The van der Waals surface area contributed by atoms with Crippen molar-refractivity contribution in [1.82, 2.24) is 0 Å². The van der Waals surface area contributed by atoms with Crippen LogP contribution in [0.3, 0.4) is 0 Å². The number of anilines is 3. The molecule has 1 unspecified atom stereocenters. The fourth-order valence-electron chi connectivity index (χ4n) is 11.1. The highest BCUT2D eigenvalue weighted by Gasteiger charge is 2.48. The zero-order valence-corrected chi connectivity index (χ0v) is 37.8. The number of nitrogens with zero attached hydrogens (tertiary/aromatic N) is 1. The van der Waals surface area contributed by atoms with E-state index in [1.807, 2.05) is 12.1 Å². The number of para-hydroxylation sites is 1. The molecule has 2 nitrogen and oxygen atoms in total. The van der Waals surface area contributed by atoms with Crippen LogP contribution in [-0.2, 0) is 5.41 Å². The minimum Gasteiger partial charge on any atom is -0.456 e. The van der Waals surface area contributed by atoms with Gasteiger partial charge in [0.2, 0.25) is 0 Å². The molecule has 1 aliphatic rings. The van der Waals surface area contributed by atoms with Gasteiger partial charge in [0.15, 0.2) is 0 Å². The summed E-state index contributed by atoms with van der Waals surface area (Å²) in [5, 5.41) is 2.26. The van der Waals surface area contributed by atoms with Crippen LogP contribution < -0.4 is 4.90 Å². The van der Waals surface area contributed by atoms with Crippen LogP contribution in [0.5, 0.6) is 0 Å². The van der Waals surface area contributed by atoms with Crippen LogP contribution in [0.15, 0.2) is 277 Å². The van der Waals surface area contributed by atoms with Gasteiger partial charge in [0.05, 0.1) is 5.41 Å². The second-order valence-electron chi connectivity index (χ2n) is 18.0. The summed E-state index contributed by atoms with van der Waals surface area (Å²) in [7, 11) is 0. The van der Waals surface area contributed by atoms with Crippen LogP contribution in [0, 0.1) is 0 Å². The molecule has 0 saturated heterocycles. The normalized spacial score (nSPS) is 13.9. The van der Waals surface area contributed by atoms with Gasteiger partial charge in [-0.15, -0.1) is 0 Å². The van der Waals surface area contributed by atoms with Gasteiger partial charge in [-0.05, 0) is 132 Å². The number of hydrogen-bond acceptors (Lipinski definition) is 2. The second kappa shape index (κ2) is 16.7. The minimum atomic E-state index is -0.679. The van der Waals surface area contributed by atoms with E-state index in [1.165, 1.54) is 66.8 Å². The molecule has 1 aliphatic carbocycles. The lowest BCUT2D eigenvalue weighted by Gasteiger charge is -2.36. The summed E-state index contributed by atoms with van der Waals surface area (Å²) in [4.78, 5) is 2.42. The van der Waals surface area contributed by atoms with Gasteiger partial charge in [0.1, 0.15) is 11.2 Å². The van der Waals surface area contributed by atoms with Crippen molar-refractivity contribution in [1.29, 1.82) is 0 Å². The number of benzene rings is 11. The predicted molar refractivity (Wildman–Crippen MR) is 287 cm³/mol. The van der Waals surface area contributed by atoms with Crippen LogP contribution in [0.4, 0.5) is 17.1 Å². The van der Waals surface area contributed by atoms with Crippen LogP contribution in [0.2, 0.25) is 0 Å². The molecule has 0 fully saturated rings. The predicted octanol–water partition coefficient (Wildman–Crippen LogP) is 18.1. The smallest absolute Gasteiger partial charge is 0.136 e. The molecule has 12 aromatic rings. The van der Waals surface area contributed by atoms with Crippen LogP contribution in [-0.4, -0.2) is 0 Å². The maximum absolute atomic E-state index is 6.33. The van der Waals surface area contributed by atoms with Crippen molar-refractivity contribution in [2.24, 2.45) is 0 Å². The molecule has 0 aliphatic heterocycles. The Labute approximate surface area is 402 Å². The Hall–Kier alpha value is -8.98. The summed E-state index contributed by atoms with van der Waals surface area (Å²) in [5.41, 5.74) is 21.2. The van der Waals surface area contributed by atoms with Crippen molar-refractivity contribution in [2.45, 2.75) is 5.41 Å². The first-order valence-corrected chi connectivity index (χ1v) is 23.7. The summed E-state index contributed by atoms with van der Waals surface area (Å²) < 4.78 is 6.33. The first-order valence-electron chi connectivity index (χ1n) is 23.7. The van der Waals surface area contributed by atoms with Crippen molar-refractivity contribution >= 4 is 39.0 Å². The lowest BCUT2D eigenvalue weighted by molar-refractivity contribution is 0.669. The van der Waals surface area contributed by atoms with E-state index in [0.29, 0.717) is 0 Å². The van der Waals surface area contributed by atoms with Crippen molar-refractivity contribution in [3.63, 3.8) is 0 Å². The molecule has 11 aromatic carbocycles. The van der Waals surface area contributed by atoms with Crippen molar-refractivity contribution in [3.8, 4) is 55.6 Å². The average Bonchev–Trinajstić information content (AvgIpc) is 3.95. The molecular weight excluding hydrogens is 835 g/mol. The van der Waals surface area contributed by atoms with E-state index in [-0.39, 0.29) is 0 Å². The number of rotatable bonds is 9. The van der Waals surface area contributed by atoms with E-state index in [0.717, 1.165) is 50.1 Å². The summed E-state index contributed by atoms with van der Waals surface area (Å²) in [6.45, 7) is 0. The Bertz CT molecular complexity index is 3800. The van der Waals surface area contributed by atoms with E-state index >= 15 is 0 Å². The standard InChI is InChI=1S/C67H45NO/c1-5-18-46(19-6-1)47-32-37-53(38-33-47)68(54-39-34-48(35-40-54)51-36-42-59-58-27-14-16-31-64(58)69-65(59)44-51)55-41-43-60-63(45-55)67(52-24-11-4-12-25-52,61-29-15-13-26-56(61)49-20-7-2-8-21-49)62-30-17-28-57(66(60)62)50-22-9-3-10-23-50/h1-45H. The molecule has 0 saturated carbocycles. The van der Waals surface area contributed by atoms with Crippen LogP contribution >= 0.6 is 0 Å². The first kappa shape index (κ1) is 40.3. The minimum absolute atomic E-state index is 0.679. The van der Waals surface area contributed by atoms with Crippen LogP contribution in [0.25, 0.3) is 77.6 Å². The fraction of sp³-hybridized carbons (Fsp3) is 0.0149. The first-order chi connectivity index (χ1) is 34.2. The summed E-state index contributed by atoms with van der Waals surface area (Å²) >= 11 is 0. The van der Waals surface area contributed by atoms with Gasteiger partial charge in [-0.3, -0.25) is 0 Å². The molecule has 0 amide bonds. The molecule has 0 N–H and O–H groups in total. The number of fused-ring (bicyclic) bond motifs is 6. The Kier molecular flexibility index (Phi) is 9.77. The summed E-state index contributed by atoms with van der Waals surface area (Å²) in [6, 6.07) is 99.5. The fourth-order valence-corrected chi connectivity index (χ4v) is 11.1. The average molecular weight is 880 g/mol. The van der Waals surface area contributed by atoms with Crippen molar-refractivity contribution in [3.05, 3.63) is 295 Å². The molecule has 1 aromatic heterocycles. The quantitative estimate of drug-likeness (QED) is 0.144. The summed E-state index contributed by atoms with van der Waals surface area (Å²) in [6.07, 6.45) is 0. The molecule has 1 atom stereocenters. The third-order valence-electron chi connectivity index (χ3n) is 14.2. The van der Waals surface area contributed by atoms with Gasteiger partial charge in [-0.2, -0.15) is 0 Å². The zero-order chi connectivity index (χ0) is 45.7. The highest BCUT2D eigenvalue weighted by Crippen LogP contribution is 2.60. The van der Waals surface area contributed by atoms with Gasteiger partial charge in [0.25, 0.3) is 0 Å². The Morgan fingerprint density at radius 3 is 1.46 bits per heavy atom. The molecule has 0 spiro atoms. The monoisotopic (exact) mass is 879 g/mol. The Morgan fingerprint density at radius 2 is 0.768 bits per heavy atom. The molecule has 1 heterocycles. The third kappa shape index (κ3) is 6.72. The molecule has 324 valence electrons. The lowest BCUT2D eigenvalue weighted by atomic mass is 9.65. The topological polar surface area (TPSA) is 16.4 Å². The number of hydrogen-bond donors (Lipinski definition) is 0.